The maximum Gasteiger partial charge on any atom is 0.356 e. The van der Waals surface area contributed by atoms with E-state index in [1.807, 2.05) is 211 Å². The lowest BCUT2D eigenvalue weighted by molar-refractivity contribution is -0.154. The van der Waals surface area contributed by atoms with Gasteiger partial charge >= 0.3 is 5.97 Å². The standard InChI is InChI=1S/C66H52N8O5S3/c67-64-69-53(41-82-64)56(72-79-66(50-35-19-6-20-36-50,51-37-21-7-22-38-51)52-39-23-8-24-40-52)60(75)70-57-61(76)74-58(63(77)78-59(45-25-9-1-10-26-45)46-27-11-2-12-28-46)54(42-81-62(57)74)80-43-55-68-44-73(71-55)65(47-29-13-3-14-30-47,48-31-15-4-16-32-48)49-33-17-5-18-34-49/h1-41,44,57,59,62H,42-43H2,(H2,67,69)(H,70,75)/b72-56-/t57-,62-/m1/s1. The molecule has 2 aromatic heterocycles. The van der Waals surface area contributed by atoms with Crippen LogP contribution in [0.3, 0.4) is 0 Å². The summed E-state index contributed by atoms with van der Waals surface area (Å²) in [6.07, 6.45) is 0.939. The number of nitrogens with one attached hydrogen (secondary N) is 1. The second-order valence-electron chi connectivity index (χ2n) is 19.3. The Morgan fingerprint density at radius 2 is 1.11 bits per heavy atom. The molecule has 2 aliphatic rings. The summed E-state index contributed by atoms with van der Waals surface area (Å²) in [7, 11) is 0. The van der Waals surface area contributed by atoms with Crippen LogP contribution >= 0.6 is 34.9 Å². The van der Waals surface area contributed by atoms with Crippen molar-refractivity contribution in [1.82, 2.24) is 30.0 Å². The number of esters is 1. The van der Waals surface area contributed by atoms with Crippen LogP contribution in [0.5, 0.6) is 0 Å². The van der Waals surface area contributed by atoms with Gasteiger partial charge in [-0.15, -0.1) is 34.9 Å². The van der Waals surface area contributed by atoms with Crippen LogP contribution in [0.25, 0.3) is 0 Å². The maximum absolute atomic E-state index is 15.2. The van der Waals surface area contributed by atoms with Gasteiger partial charge in [-0.25, -0.2) is 19.4 Å². The van der Waals surface area contributed by atoms with Crippen LogP contribution in [0.2, 0.25) is 0 Å². The van der Waals surface area contributed by atoms with Gasteiger partial charge < -0.3 is 20.6 Å². The van der Waals surface area contributed by atoms with E-state index in [-0.39, 0.29) is 28.0 Å². The molecule has 3 N–H and O–H groups in total. The van der Waals surface area contributed by atoms with Crippen molar-refractivity contribution in [2.24, 2.45) is 5.16 Å². The molecule has 10 aromatic rings. The first-order valence-electron chi connectivity index (χ1n) is 26.5. The Hall–Kier alpha value is -9.35. The van der Waals surface area contributed by atoms with Gasteiger partial charge in [-0.05, 0) is 27.8 Å². The fraction of sp³-hybridized carbons (Fsp3) is 0.106. The quantitative estimate of drug-likeness (QED) is 0.0260. The van der Waals surface area contributed by atoms with Crippen LogP contribution in [-0.4, -0.2) is 65.3 Å². The second kappa shape index (κ2) is 23.8. The first-order valence-corrected chi connectivity index (χ1v) is 29.4. The molecule has 16 heteroatoms. The zero-order valence-corrected chi connectivity index (χ0v) is 46.4. The zero-order valence-electron chi connectivity index (χ0n) is 43.9. The fourth-order valence-electron chi connectivity index (χ4n) is 10.7. The van der Waals surface area contributed by atoms with Gasteiger partial charge in [0, 0.05) is 32.7 Å². The van der Waals surface area contributed by atoms with Crippen molar-refractivity contribution in [3.63, 3.8) is 0 Å². The van der Waals surface area contributed by atoms with E-state index >= 15 is 4.79 Å². The lowest BCUT2D eigenvalue weighted by atomic mass is 9.77. The summed E-state index contributed by atoms with van der Waals surface area (Å²) in [6.45, 7) is 0. The van der Waals surface area contributed by atoms with Gasteiger partial charge in [0.15, 0.2) is 22.8 Å². The van der Waals surface area contributed by atoms with Gasteiger partial charge in [-0.2, -0.15) is 5.10 Å². The third-order valence-corrected chi connectivity index (χ3v) is 17.7. The van der Waals surface area contributed by atoms with E-state index in [2.05, 4.69) is 51.9 Å². The maximum atomic E-state index is 15.2. The molecule has 404 valence electrons. The minimum atomic E-state index is -1.34. The molecule has 4 heterocycles. The lowest BCUT2D eigenvalue weighted by Crippen LogP contribution is -2.71. The number of anilines is 1. The molecule has 2 aliphatic heterocycles. The summed E-state index contributed by atoms with van der Waals surface area (Å²) in [5.74, 6) is -0.908. The summed E-state index contributed by atoms with van der Waals surface area (Å²) in [5.41, 5.74) is 10.7. The number of hydrogen-bond donors (Lipinski definition) is 2. The Morgan fingerprint density at radius 3 is 1.56 bits per heavy atom. The molecule has 0 unspecified atom stereocenters. The molecule has 1 fully saturated rings. The van der Waals surface area contributed by atoms with Crippen molar-refractivity contribution in [1.29, 1.82) is 0 Å². The highest BCUT2D eigenvalue weighted by Crippen LogP contribution is 2.47. The van der Waals surface area contributed by atoms with Crippen molar-refractivity contribution < 1.29 is 24.0 Å². The van der Waals surface area contributed by atoms with Gasteiger partial charge in [0.2, 0.25) is 5.60 Å². The summed E-state index contributed by atoms with van der Waals surface area (Å²) in [5, 5.41) is 14.0. The van der Waals surface area contributed by atoms with Crippen molar-refractivity contribution in [2.45, 2.75) is 34.4 Å². The number of amides is 2. The topological polar surface area (TPSA) is 167 Å². The smallest absolute Gasteiger partial charge is 0.356 e. The number of ether oxygens (including phenoxy) is 1. The molecule has 0 spiro atoms. The van der Waals surface area contributed by atoms with Crippen molar-refractivity contribution in [3.05, 3.63) is 321 Å². The molecular weight excluding hydrogens is 1080 g/mol. The molecule has 82 heavy (non-hydrogen) atoms. The van der Waals surface area contributed by atoms with E-state index in [4.69, 9.17) is 25.4 Å². The van der Waals surface area contributed by atoms with Gasteiger partial charge in [0.1, 0.15) is 34.7 Å². The largest absolute Gasteiger partial charge is 0.448 e. The highest BCUT2D eigenvalue weighted by molar-refractivity contribution is 8.05. The van der Waals surface area contributed by atoms with E-state index in [1.54, 1.807) is 11.7 Å². The Labute approximate surface area is 486 Å². The molecule has 13 nitrogen and oxygen atoms in total. The summed E-state index contributed by atoms with van der Waals surface area (Å²) in [6, 6.07) is 77.5. The molecule has 2 atom stereocenters. The van der Waals surface area contributed by atoms with E-state index in [1.165, 1.54) is 28.4 Å². The molecule has 2 amide bonds. The van der Waals surface area contributed by atoms with Crippen LogP contribution in [0.4, 0.5) is 5.13 Å². The number of oxime groups is 1. The molecule has 0 bridgehead atoms. The monoisotopic (exact) mass is 1130 g/mol. The molecular formula is C66H52N8O5S3. The molecule has 8 aromatic carbocycles. The molecule has 0 aliphatic carbocycles. The Bertz CT molecular complexity index is 3660. The van der Waals surface area contributed by atoms with Crippen LogP contribution < -0.4 is 11.1 Å². The molecule has 0 radical (unpaired) electrons. The number of nitrogens with zero attached hydrogens (tertiary/aromatic N) is 6. The molecule has 1 saturated heterocycles. The molecule has 12 rings (SSSR count). The first-order chi connectivity index (χ1) is 40.3. The lowest BCUT2D eigenvalue weighted by Gasteiger charge is -2.49. The predicted molar refractivity (Wildman–Crippen MR) is 322 cm³/mol. The van der Waals surface area contributed by atoms with Crippen LogP contribution in [0.15, 0.2) is 270 Å². The number of thioether (sulfide) groups is 2. The highest BCUT2D eigenvalue weighted by Gasteiger charge is 2.55. The summed E-state index contributed by atoms with van der Waals surface area (Å²) in [4.78, 5) is 63.3. The third-order valence-electron chi connectivity index (χ3n) is 14.5. The van der Waals surface area contributed by atoms with Crippen molar-refractivity contribution in [2.75, 3.05) is 11.5 Å². The number of hydrogen-bond acceptors (Lipinski definition) is 13. The van der Waals surface area contributed by atoms with Gasteiger partial charge in [0.05, 0.1) is 5.75 Å². The van der Waals surface area contributed by atoms with Crippen LogP contribution in [0.1, 0.15) is 62.1 Å². The number of carbonyl (C=O) groups is 3. The fourth-order valence-corrected chi connectivity index (χ4v) is 13.7. The number of carbonyl (C=O) groups excluding carboxylic acids is 3. The van der Waals surface area contributed by atoms with Crippen LogP contribution in [0, 0.1) is 0 Å². The van der Waals surface area contributed by atoms with Gasteiger partial charge in [-0.1, -0.05) is 248 Å². The number of β-lactam (4-membered cyclic amide) rings is 1. The Balaban J connectivity index is 0.886. The number of thiazole rings is 1. The van der Waals surface area contributed by atoms with Crippen molar-refractivity contribution >= 4 is 63.5 Å². The van der Waals surface area contributed by atoms with Gasteiger partial charge in [0.25, 0.3) is 11.8 Å². The number of rotatable bonds is 19. The Morgan fingerprint density at radius 1 is 0.659 bits per heavy atom. The van der Waals surface area contributed by atoms with E-state index in [9.17, 15) is 9.59 Å². The average Bonchev–Trinajstić information content (AvgIpc) is 3.81. The SMILES string of the molecule is Nc1nc(/C(=N/OC(c2ccccc2)(c2ccccc2)c2ccccc2)C(=O)N[C@@H]2C(=O)N3C(C(=O)OC(c4ccccc4)c4ccccc4)=C(SCc4ncn(C(c5ccccc5)(c5ccccc5)c5ccccc5)n4)CS[C@H]23)cs1. The number of nitrogen functional groups attached to an aromatic ring is 1. The number of nitrogens with two attached hydrogens (primary N) is 1. The van der Waals surface area contributed by atoms with E-state index < -0.39 is 46.4 Å². The van der Waals surface area contributed by atoms with Crippen molar-refractivity contribution in [3.8, 4) is 0 Å². The minimum absolute atomic E-state index is 0.0793. The molecule has 0 saturated carbocycles. The second-order valence-corrected chi connectivity index (χ2v) is 22.4. The highest BCUT2D eigenvalue weighted by atomic mass is 32.2. The minimum Gasteiger partial charge on any atom is -0.448 e. The Kier molecular flexibility index (Phi) is 15.5. The predicted octanol–water partition coefficient (Wildman–Crippen LogP) is 11.7. The van der Waals surface area contributed by atoms with Gasteiger partial charge in [-0.3, -0.25) is 14.5 Å². The number of benzene rings is 8. The zero-order chi connectivity index (χ0) is 55.9. The summed E-state index contributed by atoms with van der Waals surface area (Å²) < 4.78 is 8.44. The average molecular weight is 1130 g/mol. The number of fused-ring (bicyclic) bond motifs is 1. The normalized spacial score (nSPS) is 15.4. The van der Waals surface area contributed by atoms with E-state index in [0.29, 0.717) is 16.5 Å². The third kappa shape index (κ3) is 10.3. The first kappa shape index (κ1) is 53.3. The summed E-state index contributed by atoms with van der Waals surface area (Å²) >= 11 is 3.92. The van der Waals surface area contributed by atoms with E-state index in [0.717, 1.165) is 55.8 Å². The van der Waals surface area contributed by atoms with Crippen LogP contribution in [-0.2, 0) is 40.9 Å². The number of aromatic nitrogens is 4.